The van der Waals surface area contributed by atoms with Gasteiger partial charge in [0.15, 0.2) is 0 Å². The monoisotopic (exact) mass is 698 g/mol. The van der Waals surface area contributed by atoms with E-state index in [4.69, 9.17) is 0 Å². The van der Waals surface area contributed by atoms with Crippen molar-refractivity contribution < 1.29 is 36.7 Å². The summed E-state index contributed by atoms with van der Waals surface area (Å²) in [6.07, 6.45) is 3.36. The maximum Gasteiger partial charge on any atom is 0.336 e. The van der Waals surface area contributed by atoms with Crippen LogP contribution in [0.2, 0.25) is 0 Å². The normalized spacial score (nSPS) is 12.0. The molecule has 14 nitrogen and oxygen atoms in total. The van der Waals surface area contributed by atoms with Gasteiger partial charge in [-0.15, -0.1) is 0 Å². The lowest BCUT2D eigenvalue weighted by Gasteiger charge is -2.16. The highest BCUT2D eigenvalue weighted by Crippen LogP contribution is 2.24. The summed E-state index contributed by atoms with van der Waals surface area (Å²) in [5.74, 6) is -5.95. The van der Waals surface area contributed by atoms with Crippen LogP contribution in [0.15, 0.2) is 81.5 Å². The topological polar surface area (TPSA) is 199 Å². The van der Waals surface area contributed by atoms with Crippen LogP contribution in [0, 0.1) is 17.6 Å². The predicted molar refractivity (Wildman–Crippen MR) is 174 cm³/mol. The zero-order chi connectivity index (χ0) is 36.0. The van der Waals surface area contributed by atoms with Crippen molar-refractivity contribution in [2.24, 2.45) is 13.0 Å². The number of carboxylic acids is 1. The summed E-state index contributed by atoms with van der Waals surface area (Å²) in [4.78, 5) is 65.3. The average molecular weight is 699 g/mol. The van der Waals surface area contributed by atoms with E-state index < -0.39 is 62.1 Å². The number of pyridine rings is 1. The number of carbonyl (C=O) groups is 3. The zero-order valence-electron chi connectivity index (χ0n) is 26.4. The van der Waals surface area contributed by atoms with Crippen LogP contribution < -0.4 is 26.6 Å². The lowest BCUT2D eigenvalue weighted by molar-refractivity contribution is -0.139. The van der Waals surface area contributed by atoms with Crippen molar-refractivity contribution >= 4 is 39.2 Å². The number of benzene rings is 2. The molecular weight excluding hydrogens is 666 g/mol. The number of carbonyl (C=O) groups excluding carboxylic acids is 2. The number of nitrogens with one attached hydrogen (secondary N) is 3. The summed E-state index contributed by atoms with van der Waals surface area (Å²) in [6, 6.07) is 8.08. The predicted octanol–water partition coefficient (Wildman–Crippen LogP) is 2.81. The highest BCUT2D eigenvalue weighted by molar-refractivity contribution is 7.92. The molecule has 2 amide bonds. The van der Waals surface area contributed by atoms with Crippen LogP contribution in [-0.4, -0.2) is 51.5 Å². The second-order valence-corrected chi connectivity index (χ2v) is 12.6. The van der Waals surface area contributed by atoms with Gasteiger partial charge in [-0.25, -0.2) is 36.3 Å². The van der Waals surface area contributed by atoms with Gasteiger partial charge >= 0.3 is 11.7 Å². The van der Waals surface area contributed by atoms with Crippen molar-refractivity contribution in [2.75, 3.05) is 10.0 Å². The highest BCUT2D eigenvalue weighted by Gasteiger charge is 2.26. The Morgan fingerprint density at radius 1 is 0.959 bits per heavy atom. The molecule has 0 saturated carbocycles. The summed E-state index contributed by atoms with van der Waals surface area (Å²) in [6.45, 7) is 3.74. The lowest BCUT2D eigenvalue weighted by Crippen LogP contribution is -2.42. The molecule has 1 atom stereocenters. The molecule has 0 radical (unpaired) electrons. The van der Waals surface area contributed by atoms with E-state index in [-0.39, 0.29) is 34.5 Å². The van der Waals surface area contributed by atoms with Crippen LogP contribution in [0.1, 0.15) is 42.6 Å². The quantitative estimate of drug-likeness (QED) is 0.162. The molecule has 0 unspecified atom stereocenters. The minimum Gasteiger partial charge on any atom is -0.480 e. The van der Waals surface area contributed by atoms with Gasteiger partial charge < -0.3 is 20.3 Å². The summed E-state index contributed by atoms with van der Waals surface area (Å²) in [7, 11) is -3.00. The molecule has 4 N–H and O–H groups in total. The third-order valence-corrected chi connectivity index (χ3v) is 8.95. The van der Waals surface area contributed by atoms with Gasteiger partial charge in [0.05, 0.1) is 16.1 Å². The third kappa shape index (κ3) is 8.42. The van der Waals surface area contributed by atoms with Crippen LogP contribution >= 0.6 is 0 Å². The first kappa shape index (κ1) is 36.1. The molecule has 0 aliphatic carbocycles. The summed E-state index contributed by atoms with van der Waals surface area (Å²) in [5, 5.41) is 14.5. The largest absolute Gasteiger partial charge is 0.480 e. The number of halogens is 2. The fourth-order valence-electron chi connectivity index (χ4n) is 4.74. The van der Waals surface area contributed by atoms with E-state index in [1.165, 1.54) is 55.8 Å². The van der Waals surface area contributed by atoms with Crippen LogP contribution in [0.3, 0.4) is 0 Å². The minimum absolute atomic E-state index is 0.0304. The van der Waals surface area contributed by atoms with Gasteiger partial charge in [0, 0.05) is 49.6 Å². The highest BCUT2D eigenvalue weighted by atomic mass is 32.2. The molecule has 0 fully saturated rings. The Balaban J connectivity index is 1.46. The number of anilines is 2. The molecule has 0 spiro atoms. The molecule has 258 valence electrons. The van der Waals surface area contributed by atoms with E-state index in [1.807, 2.05) is 18.6 Å². The first-order valence-electron chi connectivity index (χ1n) is 14.9. The number of aromatic nitrogens is 3. The summed E-state index contributed by atoms with van der Waals surface area (Å²) >= 11 is 0. The van der Waals surface area contributed by atoms with Crippen molar-refractivity contribution in [3.8, 4) is 5.82 Å². The molecule has 2 heterocycles. The number of aryl methyl sites for hydroxylation is 1. The number of hydrogen-bond donors (Lipinski definition) is 4. The van der Waals surface area contributed by atoms with Crippen molar-refractivity contribution in [3.05, 3.63) is 111 Å². The Labute approximate surface area is 278 Å². The van der Waals surface area contributed by atoms with E-state index >= 15 is 4.39 Å². The Bertz CT molecular complexity index is 2110. The molecule has 2 aromatic carbocycles. The molecule has 0 aliphatic rings. The van der Waals surface area contributed by atoms with Crippen LogP contribution in [0.5, 0.6) is 0 Å². The van der Waals surface area contributed by atoms with E-state index in [9.17, 15) is 41.9 Å². The Kier molecular flexibility index (Phi) is 11.1. The first-order chi connectivity index (χ1) is 23.1. The molecule has 17 heteroatoms. The van der Waals surface area contributed by atoms with Gasteiger partial charge in [-0.2, -0.15) is 0 Å². The SMILES string of the molecule is CCC(CC)C(=O)Nc1ccc(S(=O)(=O)Nc2cc(F)c(C(=O)N[C@@H](Cc3ccc(-n4c(=O)ccn(C)c4=O)nc3)C(=O)O)cc2F)cc1. The van der Waals surface area contributed by atoms with Crippen molar-refractivity contribution in [2.45, 2.75) is 44.0 Å². The van der Waals surface area contributed by atoms with Crippen molar-refractivity contribution in [3.63, 3.8) is 0 Å². The standard InChI is InChI=1S/C32H32F2N6O8S/c1-4-19(5-2)29(42)36-20-7-9-21(10-8-20)49(47,48)38-25-16-23(33)22(15-24(25)34)30(43)37-26(31(44)45)14-18-6-11-27(35-17-18)40-28(41)12-13-39(3)32(40)46/h6-13,15-17,19,26,38H,4-5,14H2,1-3H3,(H,36,42)(H,37,43)(H,44,45)/t26-/m0/s1. The molecule has 0 aliphatic heterocycles. The maximum absolute atomic E-state index is 15.0. The van der Waals surface area contributed by atoms with Crippen LogP contribution in [-0.2, 0) is 33.1 Å². The fraction of sp³-hybridized carbons (Fsp3) is 0.250. The molecule has 4 rings (SSSR count). The van der Waals surface area contributed by atoms with Gasteiger partial charge in [0.25, 0.3) is 21.5 Å². The number of nitrogens with zero attached hydrogens (tertiary/aromatic N) is 3. The maximum atomic E-state index is 15.0. The van der Waals surface area contributed by atoms with E-state index in [0.29, 0.717) is 30.7 Å². The number of rotatable bonds is 13. The minimum atomic E-state index is -4.44. The van der Waals surface area contributed by atoms with Crippen molar-refractivity contribution in [1.82, 2.24) is 19.4 Å². The van der Waals surface area contributed by atoms with Gasteiger partial charge in [-0.3, -0.25) is 19.1 Å². The second-order valence-electron chi connectivity index (χ2n) is 10.9. The zero-order valence-corrected chi connectivity index (χ0v) is 27.3. The van der Waals surface area contributed by atoms with Crippen LogP contribution in [0.25, 0.3) is 5.82 Å². The van der Waals surface area contributed by atoms with Gasteiger partial charge in [-0.1, -0.05) is 19.9 Å². The number of carboxylic acid groups (broad SMARTS) is 1. The number of sulfonamides is 1. The molecule has 49 heavy (non-hydrogen) atoms. The number of aliphatic carboxylic acids is 1. The average Bonchev–Trinajstić information content (AvgIpc) is 3.05. The van der Waals surface area contributed by atoms with Gasteiger partial charge in [-0.05, 0) is 54.8 Å². The van der Waals surface area contributed by atoms with Gasteiger partial charge in [0.1, 0.15) is 23.5 Å². The van der Waals surface area contributed by atoms with E-state index in [1.54, 1.807) is 0 Å². The Hall–Kier alpha value is -5.71. The molecule has 2 aromatic heterocycles. The third-order valence-electron chi connectivity index (χ3n) is 7.57. The van der Waals surface area contributed by atoms with E-state index in [0.717, 1.165) is 15.2 Å². The molecule has 4 aromatic rings. The molecule has 0 bridgehead atoms. The smallest absolute Gasteiger partial charge is 0.336 e. The van der Waals surface area contributed by atoms with Crippen molar-refractivity contribution in [1.29, 1.82) is 0 Å². The summed E-state index contributed by atoms with van der Waals surface area (Å²) in [5.41, 5.74) is -2.40. The molecular formula is C32H32F2N6O8S. The number of hydrogen-bond acceptors (Lipinski definition) is 8. The fourth-order valence-corrected chi connectivity index (χ4v) is 5.80. The lowest BCUT2D eigenvalue weighted by atomic mass is 10.0. The Morgan fingerprint density at radius 3 is 2.22 bits per heavy atom. The van der Waals surface area contributed by atoms with E-state index in [2.05, 4.69) is 15.6 Å². The van der Waals surface area contributed by atoms with Gasteiger partial charge in [0.2, 0.25) is 5.91 Å². The first-order valence-corrected chi connectivity index (χ1v) is 16.3. The molecule has 0 saturated heterocycles. The second kappa shape index (κ2) is 15.0. The number of amides is 2. The van der Waals surface area contributed by atoms with Crippen LogP contribution in [0.4, 0.5) is 20.2 Å². The Morgan fingerprint density at radius 2 is 1.63 bits per heavy atom. The summed E-state index contributed by atoms with van der Waals surface area (Å²) < 4.78 is 59.7.